The van der Waals surface area contributed by atoms with Gasteiger partial charge in [-0.3, -0.25) is 0 Å². The van der Waals surface area contributed by atoms with Crippen LogP contribution in [0.1, 0.15) is 11.6 Å². The van der Waals surface area contributed by atoms with Crippen LogP contribution < -0.4 is 11.1 Å². The van der Waals surface area contributed by atoms with E-state index in [0.717, 1.165) is 10.2 Å². The van der Waals surface area contributed by atoms with Crippen LogP contribution in [0.3, 0.4) is 0 Å². The quantitative estimate of drug-likeness (QED) is 0.866. The molecule has 0 heterocycles. The van der Waals surface area contributed by atoms with Gasteiger partial charge in [0, 0.05) is 27.3 Å². The number of hydrogen-bond acceptors (Lipinski definition) is 2. The first-order valence-corrected chi connectivity index (χ1v) is 6.94. The van der Waals surface area contributed by atoms with Gasteiger partial charge in [-0.15, -0.1) is 0 Å². The third-order valence-corrected chi connectivity index (χ3v) is 3.52. The first-order chi connectivity index (χ1) is 9.10. The summed E-state index contributed by atoms with van der Waals surface area (Å²) in [7, 11) is 0. The van der Waals surface area contributed by atoms with Crippen molar-refractivity contribution in [2.45, 2.75) is 6.04 Å². The fraction of sp³-hybridized carbons (Fsp3) is 0.143. The number of rotatable bonds is 4. The van der Waals surface area contributed by atoms with Crippen molar-refractivity contribution >= 4 is 33.2 Å². The Balaban J connectivity index is 2.24. The molecular formula is C14H13BrClFN2. The highest BCUT2D eigenvalue weighted by Crippen LogP contribution is 2.25. The Morgan fingerprint density at radius 1 is 1.21 bits per heavy atom. The molecule has 100 valence electrons. The second kappa shape index (κ2) is 6.37. The molecule has 0 amide bonds. The maximum Gasteiger partial charge on any atom is 0.128 e. The Hall–Kier alpha value is -1.10. The molecule has 2 rings (SSSR count). The van der Waals surface area contributed by atoms with E-state index in [-0.39, 0.29) is 18.4 Å². The Morgan fingerprint density at radius 3 is 2.53 bits per heavy atom. The van der Waals surface area contributed by atoms with E-state index in [1.54, 1.807) is 6.07 Å². The Bertz CT molecular complexity index is 560. The smallest absolute Gasteiger partial charge is 0.128 e. The van der Waals surface area contributed by atoms with Crippen molar-refractivity contribution in [2.75, 3.05) is 11.9 Å². The Morgan fingerprint density at radius 2 is 1.89 bits per heavy atom. The molecule has 0 aliphatic heterocycles. The van der Waals surface area contributed by atoms with E-state index in [1.165, 1.54) is 12.1 Å². The van der Waals surface area contributed by atoms with Crippen LogP contribution in [0.5, 0.6) is 0 Å². The van der Waals surface area contributed by atoms with E-state index in [1.807, 2.05) is 24.3 Å². The molecular weight excluding hydrogens is 331 g/mol. The molecule has 0 bridgehead atoms. The van der Waals surface area contributed by atoms with Crippen molar-refractivity contribution in [1.82, 2.24) is 0 Å². The third-order valence-electron chi connectivity index (χ3n) is 2.75. The summed E-state index contributed by atoms with van der Waals surface area (Å²) in [4.78, 5) is 0. The monoisotopic (exact) mass is 342 g/mol. The van der Waals surface area contributed by atoms with E-state index in [0.29, 0.717) is 10.6 Å². The van der Waals surface area contributed by atoms with Crippen molar-refractivity contribution in [3.05, 3.63) is 63.3 Å². The van der Waals surface area contributed by atoms with Gasteiger partial charge in [0.2, 0.25) is 0 Å². The number of hydrogen-bond donors (Lipinski definition) is 2. The topological polar surface area (TPSA) is 38.0 Å². The van der Waals surface area contributed by atoms with E-state index < -0.39 is 0 Å². The molecule has 0 spiro atoms. The third kappa shape index (κ3) is 3.69. The summed E-state index contributed by atoms with van der Waals surface area (Å²) in [5, 5.41) is 3.69. The molecule has 0 aliphatic rings. The van der Waals surface area contributed by atoms with Crippen LogP contribution in [0, 0.1) is 5.82 Å². The lowest BCUT2D eigenvalue weighted by Crippen LogP contribution is -2.21. The standard InChI is InChI=1S/C14H13BrClFN2/c15-9-1-4-11(5-2-9)19-14(8-18)12-7-10(16)3-6-13(12)17/h1-7,14,19H,8,18H2. The van der Waals surface area contributed by atoms with Gasteiger partial charge in [0.1, 0.15) is 5.82 Å². The summed E-state index contributed by atoms with van der Waals surface area (Å²) in [6.07, 6.45) is 0. The van der Waals surface area contributed by atoms with Crippen LogP contribution in [0.25, 0.3) is 0 Å². The van der Waals surface area contributed by atoms with Crippen molar-refractivity contribution < 1.29 is 4.39 Å². The lowest BCUT2D eigenvalue weighted by Gasteiger charge is -2.19. The molecule has 1 unspecified atom stereocenters. The minimum Gasteiger partial charge on any atom is -0.377 e. The predicted molar refractivity (Wildman–Crippen MR) is 81.0 cm³/mol. The van der Waals surface area contributed by atoms with Crippen molar-refractivity contribution in [3.8, 4) is 0 Å². The fourth-order valence-electron chi connectivity index (χ4n) is 1.79. The maximum atomic E-state index is 13.8. The molecule has 0 aliphatic carbocycles. The molecule has 19 heavy (non-hydrogen) atoms. The highest BCUT2D eigenvalue weighted by Gasteiger charge is 2.14. The van der Waals surface area contributed by atoms with E-state index in [4.69, 9.17) is 17.3 Å². The van der Waals surface area contributed by atoms with Gasteiger partial charge >= 0.3 is 0 Å². The first kappa shape index (κ1) is 14.3. The number of benzene rings is 2. The zero-order chi connectivity index (χ0) is 13.8. The van der Waals surface area contributed by atoms with E-state index >= 15 is 0 Å². The minimum atomic E-state index is -0.320. The van der Waals surface area contributed by atoms with Crippen LogP contribution in [-0.4, -0.2) is 6.54 Å². The lowest BCUT2D eigenvalue weighted by molar-refractivity contribution is 0.593. The summed E-state index contributed by atoms with van der Waals surface area (Å²) < 4.78 is 14.8. The SMILES string of the molecule is NCC(Nc1ccc(Br)cc1)c1cc(Cl)ccc1F. The fourth-order valence-corrected chi connectivity index (χ4v) is 2.24. The minimum absolute atomic E-state index is 0.271. The second-order valence-electron chi connectivity index (χ2n) is 4.11. The molecule has 3 N–H and O–H groups in total. The zero-order valence-electron chi connectivity index (χ0n) is 10.0. The highest BCUT2D eigenvalue weighted by molar-refractivity contribution is 9.10. The van der Waals surface area contributed by atoms with Crippen molar-refractivity contribution in [2.24, 2.45) is 5.73 Å². The molecule has 0 radical (unpaired) electrons. The molecule has 5 heteroatoms. The van der Waals surface area contributed by atoms with Crippen LogP contribution in [-0.2, 0) is 0 Å². The average molecular weight is 344 g/mol. The number of halogens is 3. The Labute approximate surface area is 124 Å². The van der Waals surface area contributed by atoms with E-state index in [2.05, 4.69) is 21.2 Å². The van der Waals surface area contributed by atoms with Crippen molar-refractivity contribution in [1.29, 1.82) is 0 Å². The van der Waals surface area contributed by atoms with Crippen LogP contribution in [0.2, 0.25) is 5.02 Å². The predicted octanol–water partition coefficient (Wildman–Crippen LogP) is 4.35. The summed E-state index contributed by atoms with van der Waals surface area (Å²) in [5.41, 5.74) is 7.06. The van der Waals surface area contributed by atoms with Crippen LogP contribution >= 0.6 is 27.5 Å². The largest absolute Gasteiger partial charge is 0.377 e. The molecule has 2 aromatic rings. The van der Waals surface area contributed by atoms with Gasteiger partial charge in [0.05, 0.1) is 6.04 Å². The second-order valence-corrected chi connectivity index (χ2v) is 5.46. The van der Waals surface area contributed by atoms with Crippen molar-refractivity contribution in [3.63, 3.8) is 0 Å². The summed E-state index contributed by atoms with van der Waals surface area (Å²) in [6.45, 7) is 0.271. The summed E-state index contributed by atoms with van der Waals surface area (Å²) >= 11 is 9.27. The number of anilines is 1. The Kier molecular flexibility index (Phi) is 4.80. The van der Waals surface area contributed by atoms with Gasteiger partial charge in [-0.2, -0.15) is 0 Å². The van der Waals surface area contributed by atoms with Gasteiger partial charge in [0.15, 0.2) is 0 Å². The summed E-state index contributed by atoms with van der Waals surface area (Å²) in [5.74, 6) is -0.315. The number of nitrogens with one attached hydrogen (secondary N) is 1. The molecule has 0 aromatic heterocycles. The highest BCUT2D eigenvalue weighted by atomic mass is 79.9. The molecule has 2 nitrogen and oxygen atoms in total. The molecule has 0 saturated carbocycles. The molecule has 2 aromatic carbocycles. The zero-order valence-corrected chi connectivity index (χ0v) is 12.4. The van der Waals surface area contributed by atoms with E-state index in [9.17, 15) is 4.39 Å². The normalized spacial score (nSPS) is 12.2. The molecule has 0 fully saturated rings. The van der Waals surface area contributed by atoms with Crippen LogP contribution in [0.4, 0.5) is 10.1 Å². The molecule has 0 saturated heterocycles. The van der Waals surface area contributed by atoms with Gasteiger partial charge in [-0.25, -0.2) is 4.39 Å². The first-order valence-electron chi connectivity index (χ1n) is 5.77. The van der Waals surface area contributed by atoms with Crippen LogP contribution in [0.15, 0.2) is 46.9 Å². The molecule has 1 atom stereocenters. The summed E-state index contributed by atoms with van der Waals surface area (Å²) in [6, 6.07) is 11.8. The van der Waals surface area contributed by atoms with Gasteiger partial charge < -0.3 is 11.1 Å². The lowest BCUT2D eigenvalue weighted by atomic mass is 10.1. The maximum absolute atomic E-state index is 13.8. The van der Waals surface area contributed by atoms with Gasteiger partial charge in [0.25, 0.3) is 0 Å². The number of nitrogens with two attached hydrogens (primary N) is 1. The van der Waals surface area contributed by atoms with Gasteiger partial charge in [-0.05, 0) is 42.5 Å². The average Bonchev–Trinajstić information content (AvgIpc) is 2.41. The van der Waals surface area contributed by atoms with Gasteiger partial charge in [-0.1, -0.05) is 27.5 Å².